The Morgan fingerprint density at radius 3 is 2.39 bits per heavy atom. The molecule has 1 unspecified atom stereocenters. The van der Waals surface area contributed by atoms with Crippen molar-refractivity contribution in [2.75, 3.05) is 20.6 Å². The van der Waals surface area contributed by atoms with Crippen LogP contribution in [0.25, 0.3) is 5.70 Å². The lowest BCUT2D eigenvalue weighted by atomic mass is 9.67. The van der Waals surface area contributed by atoms with E-state index in [1.807, 2.05) is 25.2 Å². The number of nitriles is 1. The molecule has 2 aromatic carbocycles. The van der Waals surface area contributed by atoms with Gasteiger partial charge in [0.15, 0.2) is 5.82 Å². The van der Waals surface area contributed by atoms with Crippen LogP contribution < -0.4 is 16.0 Å². The van der Waals surface area contributed by atoms with Crippen molar-refractivity contribution >= 4 is 17.5 Å². The van der Waals surface area contributed by atoms with E-state index in [2.05, 4.69) is 64.0 Å². The summed E-state index contributed by atoms with van der Waals surface area (Å²) in [7, 11) is 5.24. The molecule has 11 nitrogen and oxygen atoms in total. The van der Waals surface area contributed by atoms with Crippen LogP contribution in [0.1, 0.15) is 70.2 Å². The highest BCUT2D eigenvalue weighted by Gasteiger charge is 2.54. The van der Waals surface area contributed by atoms with E-state index in [4.69, 9.17) is 5.10 Å². The molecule has 0 bridgehead atoms. The van der Waals surface area contributed by atoms with Gasteiger partial charge in [-0.05, 0) is 96.2 Å². The van der Waals surface area contributed by atoms with Crippen LogP contribution in [0.5, 0.6) is 0 Å². The number of piperidine rings is 1. The Kier molecular flexibility index (Phi) is 7.72. The lowest BCUT2D eigenvalue weighted by Crippen LogP contribution is -2.46. The first-order valence-corrected chi connectivity index (χ1v) is 15.2. The van der Waals surface area contributed by atoms with Crippen molar-refractivity contribution in [2.45, 2.75) is 62.6 Å². The lowest BCUT2D eigenvalue weighted by molar-refractivity contribution is -0.131. The van der Waals surface area contributed by atoms with Gasteiger partial charge in [-0.2, -0.15) is 10.1 Å². The summed E-state index contributed by atoms with van der Waals surface area (Å²) in [5.74, 6) is 0.846. The Balaban J connectivity index is 1.43. The highest BCUT2D eigenvalue weighted by atomic mass is 16.2. The average molecular weight is 594 g/mol. The van der Waals surface area contributed by atoms with E-state index < -0.39 is 5.41 Å². The minimum Gasteiger partial charge on any atom is -0.388 e. The smallest absolute Gasteiger partial charge is 0.251 e. The minimum absolute atomic E-state index is 0.0350. The molecule has 0 spiro atoms. The fourth-order valence-corrected chi connectivity index (χ4v) is 7.29. The molecule has 2 amide bonds. The molecule has 3 N–H and O–H groups in total. The second-order valence-corrected chi connectivity index (χ2v) is 12.3. The first-order chi connectivity index (χ1) is 21.2. The van der Waals surface area contributed by atoms with E-state index in [0.717, 1.165) is 59.2 Å². The highest BCUT2D eigenvalue weighted by molar-refractivity contribution is 5.94. The van der Waals surface area contributed by atoms with Crippen LogP contribution >= 0.6 is 0 Å². The van der Waals surface area contributed by atoms with Gasteiger partial charge in [0.1, 0.15) is 6.04 Å². The number of tetrazole rings is 1. The zero-order valence-corrected chi connectivity index (χ0v) is 25.7. The molecule has 11 heteroatoms. The standard InChI is InChI=1S/C33H39N9O2/c1-19(37-18-30(43)42-26(17-34)14-25-15-29(25)42)16-33(32-38-40-41(5)39-32)27-10-8-21(20(2)35-3)12-22(27)6-7-23-13-24(31(44)36-4)9-11-28(23)33/h8-13,19,25-26,29,35,37H,2,6-7,14-16,18H2,1,3-5H3,(H,36,44)/t19-,25-,26+,29+,33?/m1/s1. The topological polar surface area (TPSA) is 141 Å². The van der Waals surface area contributed by atoms with Gasteiger partial charge in [-0.15, -0.1) is 10.2 Å². The number of fused-ring (bicyclic) bond motifs is 3. The number of carbonyl (C=O) groups excluding carboxylic acids is 2. The number of aryl methyl sites for hydroxylation is 3. The third kappa shape index (κ3) is 5.03. The Bertz CT molecular complexity index is 1600. The van der Waals surface area contributed by atoms with E-state index in [-0.39, 0.29) is 36.5 Å². The van der Waals surface area contributed by atoms with Crippen LogP contribution in [0, 0.1) is 17.2 Å². The van der Waals surface area contributed by atoms with Gasteiger partial charge in [0.05, 0.1) is 25.1 Å². The number of benzene rings is 2. The van der Waals surface area contributed by atoms with Crippen LogP contribution in [-0.4, -0.2) is 75.7 Å². The maximum absolute atomic E-state index is 13.3. The third-order valence-corrected chi connectivity index (χ3v) is 9.58. The van der Waals surface area contributed by atoms with Crippen LogP contribution in [0.2, 0.25) is 0 Å². The molecule has 228 valence electrons. The second kappa shape index (κ2) is 11.5. The van der Waals surface area contributed by atoms with Crippen molar-refractivity contribution in [1.82, 2.24) is 41.1 Å². The Morgan fingerprint density at radius 1 is 1.09 bits per heavy atom. The third-order valence-electron chi connectivity index (χ3n) is 9.58. The molecule has 5 atom stereocenters. The van der Waals surface area contributed by atoms with Crippen molar-refractivity contribution in [2.24, 2.45) is 13.0 Å². The fourth-order valence-electron chi connectivity index (χ4n) is 7.29. The quantitative estimate of drug-likeness (QED) is 0.343. The normalized spacial score (nSPS) is 23.8. The molecule has 0 radical (unpaired) electrons. The molecule has 2 aliphatic carbocycles. The maximum Gasteiger partial charge on any atom is 0.251 e. The van der Waals surface area contributed by atoms with Crippen LogP contribution in [0.4, 0.5) is 0 Å². The fraction of sp³-hybridized carbons (Fsp3) is 0.455. The van der Waals surface area contributed by atoms with Gasteiger partial charge < -0.3 is 20.9 Å². The molecule has 3 aromatic rings. The Hall–Kier alpha value is -4.56. The van der Waals surface area contributed by atoms with Gasteiger partial charge in [-0.3, -0.25) is 9.59 Å². The molecule has 2 heterocycles. The number of hydrogen-bond acceptors (Lipinski definition) is 8. The summed E-state index contributed by atoms with van der Waals surface area (Å²) in [6.07, 6.45) is 3.77. The lowest BCUT2D eigenvalue weighted by Gasteiger charge is -2.36. The zero-order chi connectivity index (χ0) is 31.2. The summed E-state index contributed by atoms with van der Waals surface area (Å²) < 4.78 is 0. The number of nitrogens with one attached hydrogen (secondary N) is 3. The monoisotopic (exact) mass is 593 g/mol. The van der Waals surface area contributed by atoms with Gasteiger partial charge in [0.2, 0.25) is 5.91 Å². The van der Waals surface area contributed by atoms with Crippen molar-refractivity contribution < 1.29 is 9.59 Å². The molecule has 1 saturated carbocycles. The number of hydrogen-bond donors (Lipinski definition) is 3. The van der Waals surface area contributed by atoms with Gasteiger partial charge in [-0.1, -0.05) is 24.8 Å². The Morgan fingerprint density at radius 2 is 1.77 bits per heavy atom. The maximum atomic E-state index is 13.3. The number of rotatable bonds is 9. The van der Waals surface area contributed by atoms with Crippen molar-refractivity contribution in [3.8, 4) is 6.07 Å². The highest BCUT2D eigenvalue weighted by Crippen LogP contribution is 2.48. The molecular weight excluding hydrogens is 554 g/mol. The summed E-state index contributed by atoms with van der Waals surface area (Å²) in [6.45, 7) is 6.38. The minimum atomic E-state index is -0.823. The first-order valence-electron chi connectivity index (χ1n) is 15.2. The number of carbonyl (C=O) groups is 2. The SMILES string of the molecule is C=C(NC)c1ccc2c(c1)CCc1cc(C(=O)NC)ccc1C2(C[C@@H](C)NCC(=O)N1[C@H](C#N)C[C@@H]2C[C@@H]21)c1nnn(C)n1. The summed E-state index contributed by atoms with van der Waals surface area (Å²) in [4.78, 5) is 29.3. The number of nitrogens with zero attached hydrogens (tertiary/aromatic N) is 6. The predicted octanol–water partition coefficient (Wildman–Crippen LogP) is 2.07. The number of amides is 2. The van der Waals surface area contributed by atoms with Gasteiger partial charge >= 0.3 is 0 Å². The van der Waals surface area contributed by atoms with Gasteiger partial charge in [-0.25, -0.2) is 0 Å². The van der Waals surface area contributed by atoms with E-state index in [1.165, 1.54) is 4.80 Å². The van der Waals surface area contributed by atoms with Crippen LogP contribution in [-0.2, 0) is 30.1 Å². The summed E-state index contributed by atoms with van der Waals surface area (Å²) in [5, 5.41) is 32.6. The Labute approximate surface area is 257 Å². The average Bonchev–Trinajstić information content (AvgIpc) is 3.53. The van der Waals surface area contributed by atoms with E-state index in [0.29, 0.717) is 23.7 Å². The van der Waals surface area contributed by atoms with E-state index in [1.54, 1.807) is 19.0 Å². The van der Waals surface area contributed by atoms with E-state index in [9.17, 15) is 14.9 Å². The molecule has 44 heavy (non-hydrogen) atoms. The largest absolute Gasteiger partial charge is 0.388 e. The molecule has 2 fully saturated rings. The van der Waals surface area contributed by atoms with Crippen LogP contribution in [0.3, 0.4) is 0 Å². The zero-order valence-electron chi connectivity index (χ0n) is 25.7. The van der Waals surface area contributed by atoms with Crippen LogP contribution in [0.15, 0.2) is 43.0 Å². The molecular formula is C33H39N9O2. The van der Waals surface area contributed by atoms with Crippen molar-refractivity contribution in [3.05, 3.63) is 82.2 Å². The molecule has 1 aliphatic heterocycles. The molecule has 3 aliphatic rings. The molecule has 6 rings (SSSR count). The first kappa shape index (κ1) is 29.5. The van der Waals surface area contributed by atoms with Crippen molar-refractivity contribution in [1.29, 1.82) is 5.26 Å². The molecule has 1 saturated heterocycles. The summed E-state index contributed by atoms with van der Waals surface area (Å²) in [6, 6.07) is 14.3. The predicted molar refractivity (Wildman–Crippen MR) is 165 cm³/mol. The second-order valence-electron chi connectivity index (χ2n) is 12.3. The summed E-state index contributed by atoms with van der Waals surface area (Å²) in [5.41, 5.74) is 5.85. The number of aromatic nitrogens is 4. The summed E-state index contributed by atoms with van der Waals surface area (Å²) >= 11 is 0. The molecule has 1 aromatic heterocycles. The van der Waals surface area contributed by atoms with Crippen molar-refractivity contribution in [3.63, 3.8) is 0 Å². The number of likely N-dealkylation sites (tertiary alicyclic amines) is 1. The van der Waals surface area contributed by atoms with Gasteiger partial charge in [0.25, 0.3) is 5.91 Å². The van der Waals surface area contributed by atoms with E-state index >= 15 is 0 Å². The van der Waals surface area contributed by atoms with Gasteiger partial charge in [0, 0.05) is 37.4 Å².